The highest BCUT2D eigenvalue weighted by Crippen LogP contribution is 2.23. The van der Waals surface area contributed by atoms with Gasteiger partial charge in [0, 0.05) is 19.4 Å². The molecule has 0 atom stereocenters. The van der Waals surface area contributed by atoms with Gasteiger partial charge in [0.2, 0.25) is 5.91 Å². The molecule has 1 aromatic rings. The quantitative estimate of drug-likeness (QED) is 0.859. The molecule has 0 unspecified atom stereocenters. The summed E-state index contributed by atoms with van der Waals surface area (Å²) < 4.78 is 5.38. The van der Waals surface area contributed by atoms with E-state index in [9.17, 15) is 9.59 Å². The van der Waals surface area contributed by atoms with Gasteiger partial charge >= 0.3 is 0 Å². The lowest BCUT2D eigenvalue weighted by Crippen LogP contribution is -2.37. The van der Waals surface area contributed by atoms with E-state index in [0.29, 0.717) is 31.5 Å². The number of amides is 2. The summed E-state index contributed by atoms with van der Waals surface area (Å²) in [6.07, 6.45) is 1.36. The van der Waals surface area contributed by atoms with Crippen molar-refractivity contribution in [3.63, 3.8) is 0 Å². The Kier molecular flexibility index (Phi) is 5.14. The highest BCUT2D eigenvalue weighted by atomic mass is 16.5. The molecule has 0 bridgehead atoms. The van der Waals surface area contributed by atoms with Crippen LogP contribution in [0.2, 0.25) is 0 Å². The fourth-order valence-electron chi connectivity index (χ4n) is 2.29. The smallest absolute Gasteiger partial charge is 0.267 e. The molecule has 1 aromatic carbocycles. The van der Waals surface area contributed by atoms with Crippen LogP contribution < -0.4 is 15.5 Å². The van der Waals surface area contributed by atoms with Gasteiger partial charge in [0.1, 0.15) is 11.5 Å². The maximum atomic E-state index is 11.9. The minimum atomic E-state index is -0.234. The average Bonchev–Trinajstić information content (AvgIpc) is 2.51. The first-order chi connectivity index (χ1) is 10.5. The summed E-state index contributed by atoms with van der Waals surface area (Å²) in [6, 6.07) is 4.09. The zero-order valence-electron chi connectivity index (χ0n) is 13.2. The number of benzene rings is 1. The van der Waals surface area contributed by atoms with Gasteiger partial charge in [-0.15, -0.1) is 0 Å². The van der Waals surface area contributed by atoms with Crippen LogP contribution in [-0.2, 0) is 16.0 Å². The molecule has 1 aliphatic rings. The second-order valence-electron chi connectivity index (χ2n) is 5.35. The van der Waals surface area contributed by atoms with Crippen molar-refractivity contribution < 1.29 is 14.3 Å². The zero-order chi connectivity index (χ0) is 16.1. The molecule has 22 heavy (non-hydrogen) atoms. The lowest BCUT2D eigenvalue weighted by molar-refractivity contribution is -0.121. The Bertz CT molecular complexity index is 623. The molecule has 1 aliphatic heterocycles. The number of nitrogens with zero attached hydrogens (tertiary/aromatic N) is 1. The Morgan fingerprint density at radius 1 is 1.32 bits per heavy atom. The molecule has 6 nitrogen and oxygen atoms in total. The number of carbonyl (C=O) groups excluding carboxylic acids is 2. The average molecular weight is 303 g/mol. The second-order valence-corrected chi connectivity index (χ2v) is 5.35. The van der Waals surface area contributed by atoms with Crippen LogP contribution in [0.5, 0.6) is 5.75 Å². The summed E-state index contributed by atoms with van der Waals surface area (Å²) in [6.45, 7) is 4.58. The standard InChI is InChI=1S/C16H21N3O3/c1-10-8-12(14(22-3)9-11(10)2)6-7-17-16(21)13-4-5-15(20)19-18-13/h8-9H,4-7H2,1-3H3,(H,17,21)(H,19,20). The monoisotopic (exact) mass is 303 g/mol. The van der Waals surface area contributed by atoms with Gasteiger partial charge in [0.15, 0.2) is 0 Å². The molecule has 0 radical (unpaired) electrons. The van der Waals surface area contributed by atoms with E-state index in [1.54, 1.807) is 7.11 Å². The molecule has 118 valence electrons. The Morgan fingerprint density at radius 3 is 2.68 bits per heavy atom. The van der Waals surface area contributed by atoms with Crippen LogP contribution in [0.15, 0.2) is 17.2 Å². The molecule has 0 fully saturated rings. The Morgan fingerprint density at radius 2 is 2.05 bits per heavy atom. The third kappa shape index (κ3) is 3.84. The highest BCUT2D eigenvalue weighted by Gasteiger charge is 2.17. The summed E-state index contributed by atoms with van der Waals surface area (Å²) >= 11 is 0. The molecular formula is C16H21N3O3. The first-order valence-electron chi connectivity index (χ1n) is 7.29. The number of aryl methyl sites for hydroxylation is 2. The predicted molar refractivity (Wildman–Crippen MR) is 84.0 cm³/mol. The van der Waals surface area contributed by atoms with E-state index in [1.165, 1.54) is 11.1 Å². The molecule has 2 amide bonds. The van der Waals surface area contributed by atoms with Crippen LogP contribution >= 0.6 is 0 Å². The van der Waals surface area contributed by atoms with Gasteiger partial charge in [-0.05, 0) is 43.0 Å². The first kappa shape index (κ1) is 16.0. The molecule has 0 saturated carbocycles. The van der Waals surface area contributed by atoms with Crippen molar-refractivity contribution in [2.75, 3.05) is 13.7 Å². The van der Waals surface area contributed by atoms with Crippen LogP contribution in [0, 0.1) is 13.8 Å². The fourth-order valence-corrected chi connectivity index (χ4v) is 2.29. The normalized spacial score (nSPS) is 14.1. The number of hydrazone groups is 1. The van der Waals surface area contributed by atoms with Crippen LogP contribution in [0.3, 0.4) is 0 Å². The van der Waals surface area contributed by atoms with Crippen molar-refractivity contribution in [2.45, 2.75) is 33.1 Å². The fraction of sp³-hybridized carbons (Fsp3) is 0.438. The largest absolute Gasteiger partial charge is 0.496 e. The third-order valence-corrected chi connectivity index (χ3v) is 3.74. The molecular weight excluding hydrogens is 282 g/mol. The number of carbonyl (C=O) groups is 2. The molecule has 0 aromatic heterocycles. The molecule has 1 heterocycles. The first-order valence-corrected chi connectivity index (χ1v) is 7.29. The van der Waals surface area contributed by atoms with Gasteiger partial charge in [-0.1, -0.05) is 6.07 Å². The predicted octanol–water partition coefficient (Wildman–Crippen LogP) is 1.24. The van der Waals surface area contributed by atoms with E-state index in [1.807, 2.05) is 13.0 Å². The number of nitrogens with one attached hydrogen (secondary N) is 2. The van der Waals surface area contributed by atoms with Crippen molar-refractivity contribution in [1.29, 1.82) is 0 Å². The van der Waals surface area contributed by atoms with E-state index in [-0.39, 0.29) is 11.8 Å². The maximum absolute atomic E-state index is 11.9. The van der Waals surface area contributed by atoms with Crippen molar-refractivity contribution in [3.8, 4) is 5.75 Å². The van der Waals surface area contributed by atoms with E-state index in [2.05, 4.69) is 28.8 Å². The summed E-state index contributed by atoms with van der Waals surface area (Å²) in [7, 11) is 1.64. The van der Waals surface area contributed by atoms with E-state index >= 15 is 0 Å². The number of rotatable bonds is 5. The van der Waals surface area contributed by atoms with Crippen LogP contribution in [0.25, 0.3) is 0 Å². The molecule has 0 spiro atoms. The summed E-state index contributed by atoms with van der Waals surface area (Å²) in [5.41, 5.74) is 6.12. The Hall–Kier alpha value is -2.37. The zero-order valence-corrected chi connectivity index (χ0v) is 13.2. The molecule has 0 saturated heterocycles. The van der Waals surface area contributed by atoms with Crippen LogP contribution in [0.4, 0.5) is 0 Å². The van der Waals surface area contributed by atoms with Gasteiger partial charge in [0.05, 0.1) is 7.11 Å². The van der Waals surface area contributed by atoms with Crippen LogP contribution in [-0.4, -0.2) is 31.2 Å². The topological polar surface area (TPSA) is 79.8 Å². The van der Waals surface area contributed by atoms with Gasteiger partial charge in [0.25, 0.3) is 5.91 Å². The van der Waals surface area contributed by atoms with Crippen molar-refractivity contribution in [3.05, 3.63) is 28.8 Å². The summed E-state index contributed by atoms with van der Waals surface area (Å²) in [5.74, 6) is 0.443. The minimum Gasteiger partial charge on any atom is -0.496 e. The Labute approximate surface area is 129 Å². The van der Waals surface area contributed by atoms with E-state index < -0.39 is 0 Å². The van der Waals surface area contributed by atoms with E-state index in [0.717, 1.165) is 11.3 Å². The van der Waals surface area contributed by atoms with Gasteiger partial charge in [-0.25, -0.2) is 5.43 Å². The maximum Gasteiger partial charge on any atom is 0.267 e. The number of ether oxygens (including phenoxy) is 1. The minimum absolute atomic E-state index is 0.156. The van der Waals surface area contributed by atoms with Crippen molar-refractivity contribution >= 4 is 17.5 Å². The summed E-state index contributed by atoms with van der Waals surface area (Å²) in [5, 5.41) is 6.60. The van der Waals surface area contributed by atoms with Crippen molar-refractivity contribution in [2.24, 2.45) is 5.10 Å². The van der Waals surface area contributed by atoms with Gasteiger partial charge in [-0.3, -0.25) is 9.59 Å². The number of hydrogen-bond donors (Lipinski definition) is 2. The van der Waals surface area contributed by atoms with Gasteiger partial charge < -0.3 is 10.1 Å². The van der Waals surface area contributed by atoms with E-state index in [4.69, 9.17) is 4.74 Å². The van der Waals surface area contributed by atoms with Crippen LogP contribution in [0.1, 0.15) is 29.5 Å². The molecule has 0 aliphatic carbocycles. The lowest BCUT2D eigenvalue weighted by atomic mass is 10.0. The number of methoxy groups -OCH3 is 1. The molecule has 2 N–H and O–H groups in total. The van der Waals surface area contributed by atoms with Gasteiger partial charge in [-0.2, -0.15) is 5.10 Å². The Balaban J connectivity index is 1.92. The lowest BCUT2D eigenvalue weighted by Gasteiger charge is -2.14. The van der Waals surface area contributed by atoms with Crippen molar-refractivity contribution in [1.82, 2.24) is 10.7 Å². The molecule has 2 rings (SSSR count). The SMILES string of the molecule is COc1cc(C)c(C)cc1CCNC(=O)C1=NNC(=O)CC1. The third-order valence-electron chi connectivity index (χ3n) is 3.74. The summed E-state index contributed by atoms with van der Waals surface area (Å²) in [4.78, 5) is 22.9. The number of hydrogen-bond acceptors (Lipinski definition) is 4. The molecule has 6 heteroatoms. The second kappa shape index (κ2) is 7.06. The highest BCUT2D eigenvalue weighted by molar-refractivity contribution is 6.39.